The van der Waals surface area contributed by atoms with Crippen molar-refractivity contribution < 1.29 is 9.59 Å². The number of carbonyl (C=O) groups excluding carboxylic acids is 2. The molecule has 0 spiro atoms. The molecule has 2 amide bonds. The molecule has 1 aliphatic heterocycles. The van der Waals surface area contributed by atoms with E-state index < -0.39 is 5.92 Å². The Hall–Kier alpha value is -3.53. The van der Waals surface area contributed by atoms with Crippen molar-refractivity contribution in [2.75, 3.05) is 4.90 Å². The second-order valence-electron chi connectivity index (χ2n) is 7.49. The highest BCUT2D eigenvalue weighted by Crippen LogP contribution is 2.33. The fourth-order valence-electron chi connectivity index (χ4n) is 3.45. The monoisotopic (exact) mass is 382 g/mol. The van der Waals surface area contributed by atoms with Crippen LogP contribution in [0, 0.1) is 20.8 Å². The van der Waals surface area contributed by atoms with Gasteiger partial charge in [-0.1, -0.05) is 65.2 Å². The molecule has 0 bridgehead atoms. The lowest BCUT2D eigenvalue weighted by Gasteiger charge is -2.14. The molecule has 0 aromatic heterocycles. The highest BCUT2D eigenvalue weighted by atomic mass is 16.2. The fourth-order valence-corrected chi connectivity index (χ4v) is 3.45. The molecule has 144 valence electrons. The lowest BCUT2D eigenvalue weighted by Crippen LogP contribution is -2.30. The Balaban J connectivity index is 1.83. The molecular weight excluding hydrogens is 360 g/mol. The summed E-state index contributed by atoms with van der Waals surface area (Å²) >= 11 is 0. The van der Waals surface area contributed by atoms with E-state index in [1.54, 1.807) is 12.1 Å². The number of aryl methyl sites for hydroxylation is 3. The Morgan fingerprint density at radius 2 is 1.17 bits per heavy atom. The minimum absolute atomic E-state index is 0.253. The third kappa shape index (κ3) is 3.61. The van der Waals surface area contributed by atoms with Crippen molar-refractivity contribution in [1.29, 1.82) is 0 Å². The third-order valence-corrected chi connectivity index (χ3v) is 5.15. The van der Waals surface area contributed by atoms with Gasteiger partial charge in [-0.3, -0.25) is 9.59 Å². The maximum absolute atomic E-state index is 13.4. The van der Waals surface area contributed by atoms with Gasteiger partial charge in [0.1, 0.15) is 11.6 Å². The van der Waals surface area contributed by atoms with Gasteiger partial charge in [-0.25, -0.2) is 9.89 Å². The van der Waals surface area contributed by atoms with Crippen molar-refractivity contribution in [1.82, 2.24) is 0 Å². The predicted molar refractivity (Wildman–Crippen MR) is 116 cm³/mol. The topological polar surface area (TPSA) is 49.7 Å². The molecule has 1 saturated heterocycles. The van der Waals surface area contributed by atoms with Crippen molar-refractivity contribution in [3.8, 4) is 0 Å². The van der Waals surface area contributed by atoms with Crippen LogP contribution in [0.3, 0.4) is 0 Å². The molecule has 29 heavy (non-hydrogen) atoms. The van der Waals surface area contributed by atoms with Crippen LogP contribution in [-0.4, -0.2) is 17.5 Å². The lowest BCUT2D eigenvalue weighted by molar-refractivity contribution is -0.121. The summed E-state index contributed by atoms with van der Waals surface area (Å²) in [4.78, 5) is 32.5. The summed E-state index contributed by atoms with van der Waals surface area (Å²) < 4.78 is 0. The molecule has 4 rings (SSSR count). The van der Waals surface area contributed by atoms with E-state index in [0.29, 0.717) is 11.4 Å². The number of nitrogens with zero attached hydrogens (tertiary/aromatic N) is 2. The van der Waals surface area contributed by atoms with E-state index in [9.17, 15) is 9.59 Å². The Morgan fingerprint density at radius 3 is 1.72 bits per heavy atom. The summed E-state index contributed by atoms with van der Waals surface area (Å²) in [7, 11) is 0. The van der Waals surface area contributed by atoms with Crippen molar-refractivity contribution in [3.63, 3.8) is 0 Å². The standard InChI is InChI=1S/C25H22N2O2/c1-16-4-10-19(11-5-16)22-23(26-20-12-6-17(2)7-13-20)25(29)27(24(22)28)21-14-8-18(3)9-15-21/h4-15,22H,1-3H3. The summed E-state index contributed by atoms with van der Waals surface area (Å²) in [6, 6.07) is 22.7. The first-order valence-corrected chi connectivity index (χ1v) is 9.61. The van der Waals surface area contributed by atoms with Crippen molar-refractivity contribution >= 4 is 28.9 Å². The number of hydrogen-bond donors (Lipinski definition) is 0. The number of benzene rings is 3. The van der Waals surface area contributed by atoms with Crippen molar-refractivity contribution in [2.45, 2.75) is 26.7 Å². The van der Waals surface area contributed by atoms with Gasteiger partial charge in [-0.15, -0.1) is 0 Å². The molecule has 0 N–H and O–H groups in total. The van der Waals surface area contributed by atoms with Gasteiger partial charge >= 0.3 is 0 Å². The molecule has 1 fully saturated rings. The number of anilines is 1. The van der Waals surface area contributed by atoms with Gasteiger partial charge in [0, 0.05) is 0 Å². The summed E-state index contributed by atoms with van der Waals surface area (Å²) in [5.41, 5.74) is 5.53. The maximum Gasteiger partial charge on any atom is 0.280 e. The summed E-state index contributed by atoms with van der Waals surface area (Å²) in [5.74, 6) is -1.36. The zero-order chi connectivity index (χ0) is 20.5. The second-order valence-corrected chi connectivity index (χ2v) is 7.49. The van der Waals surface area contributed by atoms with Crippen LogP contribution in [0.5, 0.6) is 0 Å². The molecule has 3 aromatic rings. The molecule has 3 aromatic carbocycles. The van der Waals surface area contributed by atoms with Gasteiger partial charge in [0.15, 0.2) is 0 Å². The number of rotatable bonds is 3. The molecule has 4 nitrogen and oxygen atoms in total. The van der Waals surface area contributed by atoms with Crippen LogP contribution in [0.15, 0.2) is 77.8 Å². The summed E-state index contributed by atoms with van der Waals surface area (Å²) in [5, 5.41) is 0. The average Bonchev–Trinajstić information content (AvgIpc) is 2.95. The van der Waals surface area contributed by atoms with E-state index in [4.69, 9.17) is 0 Å². The SMILES string of the molecule is Cc1ccc(N=C2C(=O)N(c3ccc(C)cc3)C(=O)C2c2ccc(C)cc2)cc1. The molecule has 1 heterocycles. The van der Waals surface area contributed by atoms with Gasteiger partial charge in [-0.2, -0.15) is 0 Å². The average molecular weight is 382 g/mol. The quantitative estimate of drug-likeness (QED) is 0.596. The van der Waals surface area contributed by atoms with E-state index >= 15 is 0 Å². The van der Waals surface area contributed by atoms with Gasteiger partial charge < -0.3 is 0 Å². The second kappa shape index (κ2) is 7.47. The summed E-state index contributed by atoms with van der Waals surface area (Å²) in [6.45, 7) is 5.96. The molecule has 1 aliphatic rings. The van der Waals surface area contributed by atoms with E-state index in [1.807, 2.05) is 81.4 Å². The maximum atomic E-state index is 13.4. The minimum atomic E-state index is -0.717. The van der Waals surface area contributed by atoms with Crippen LogP contribution >= 0.6 is 0 Å². The van der Waals surface area contributed by atoms with Crippen LogP contribution in [0.2, 0.25) is 0 Å². The summed E-state index contributed by atoms with van der Waals surface area (Å²) in [6.07, 6.45) is 0. The molecular formula is C25H22N2O2. The highest BCUT2D eigenvalue weighted by Gasteiger charge is 2.46. The molecule has 0 radical (unpaired) electrons. The minimum Gasteiger partial charge on any atom is -0.273 e. The van der Waals surface area contributed by atoms with Crippen LogP contribution in [-0.2, 0) is 9.59 Å². The Bertz CT molecular complexity index is 1100. The van der Waals surface area contributed by atoms with Crippen molar-refractivity contribution in [2.24, 2.45) is 4.99 Å². The number of carbonyl (C=O) groups is 2. The smallest absolute Gasteiger partial charge is 0.273 e. The lowest BCUT2D eigenvalue weighted by atomic mass is 9.95. The molecule has 1 atom stereocenters. The van der Waals surface area contributed by atoms with E-state index in [-0.39, 0.29) is 17.5 Å². The van der Waals surface area contributed by atoms with Crippen LogP contribution in [0.25, 0.3) is 0 Å². The van der Waals surface area contributed by atoms with Crippen molar-refractivity contribution in [3.05, 3.63) is 95.1 Å². The van der Waals surface area contributed by atoms with Gasteiger partial charge in [0.25, 0.3) is 5.91 Å². The van der Waals surface area contributed by atoms with E-state index in [2.05, 4.69) is 4.99 Å². The van der Waals surface area contributed by atoms with Gasteiger partial charge in [0.2, 0.25) is 5.91 Å². The first-order valence-electron chi connectivity index (χ1n) is 9.61. The number of amides is 2. The number of aliphatic imine (C=N–C) groups is 1. The first-order chi connectivity index (χ1) is 13.9. The van der Waals surface area contributed by atoms with Crippen LogP contribution in [0.1, 0.15) is 28.2 Å². The van der Waals surface area contributed by atoms with Gasteiger partial charge in [-0.05, 0) is 50.6 Å². The third-order valence-electron chi connectivity index (χ3n) is 5.15. The zero-order valence-electron chi connectivity index (χ0n) is 16.7. The largest absolute Gasteiger partial charge is 0.280 e. The predicted octanol–water partition coefficient (Wildman–Crippen LogP) is 5.04. The number of imide groups is 1. The molecule has 4 heteroatoms. The number of hydrogen-bond acceptors (Lipinski definition) is 3. The highest BCUT2D eigenvalue weighted by molar-refractivity contribution is 6.59. The normalized spacial score (nSPS) is 18.0. The zero-order valence-corrected chi connectivity index (χ0v) is 16.7. The van der Waals surface area contributed by atoms with Crippen LogP contribution in [0.4, 0.5) is 11.4 Å². The van der Waals surface area contributed by atoms with E-state index in [1.165, 1.54) is 4.90 Å². The fraction of sp³-hybridized carbons (Fsp3) is 0.160. The molecule has 0 saturated carbocycles. The van der Waals surface area contributed by atoms with Gasteiger partial charge in [0.05, 0.1) is 11.4 Å². The van der Waals surface area contributed by atoms with E-state index in [0.717, 1.165) is 22.3 Å². The Morgan fingerprint density at radius 1 is 0.690 bits per heavy atom. The Kier molecular flexibility index (Phi) is 4.85. The molecule has 1 unspecified atom stereocenters. The first kappa shape index (κ1) is 18.8. The molecule has 0 aliphatic carbocycles. The Labute approximate surface area is 170 Å². The van der Waals surface area contributed by atoms with Crippen LogP contribution < -0.4 is 4.90 Å².